The van der Waals surface area contributed by atoms with Crippen molar-refractivity contribution in [3.05, 3.63) is 48.0 Å². The van der Waals surface area contributed by atoms with Crippen LogP contribution in [-0.2, 0) is 0 Å². The van der Waals surface area contributed by atoms with Crippen LogP contribution in [0.1, 0.15) is 24.4 Å². The molecule has 0 saturated heterocycles. The summed E-state index contributed by atoms with van der Waals surface area (Å²) in [4.78, 5) is 0. The van der Waals surface area contributed by atoms with Crippen LogP contribution in [0, 0.1) is 0 Å². The second kappa shape index (κ2) is 4.53. The van der Waals surface area contributed by atoms with E-state index in [-0.39, 0.29) is 6.04 Å². The Labute approximate surface area is 109 Å². The Hall–Kier alpha value is -1.55. The topological polar surface area (TPSA) is 12.0 Å². The number of nitrogens with one attached hydrogen (secondary N) is 1. The maximum absolute atomic E-state index is 13.3. The maximum Gasteiger partial charge on any atom is 0.407 e. The highest BCUT2D eigenvalue weighted by molar-refractivity contribution is 5.86. The first kappa shape index (κ1) is 12.5. The summed E-state index contributed by atoms with van der Waals surface area (Å²) in [7, 11) is 0. The van der Waals surface area contributed by atoms with Crippen molar-refractivity contribution >= 4 is 10.8 Å². The van der Waals surface area contributed by atoms with Gasteiger partial charge in [-0.3, -0.25) is 5.32 Å². The van der Waals surface area contributed by atoms with E-state index in [1.807, 2.05) is 18.2 Å². The molecule has 1 atom stereocenters. The van der Waals surface area contributed by atoms with E-state index in [2.05, 4.69) is 5.32 Å². The summed E-state index contributed by atoms with van der Waals surface area (Å²) in [5, 5.41) is 4.22. The van der Waals surface area contributed by atoms with Gasteiger partial charge in [-0.1, -0.05) is 42.5 Å². The third kappa shape index (κ3) is 2.59. The van der Waals surface area contributed by atoms with Crippen LogP contribution in [0.3, 0.4) is 0 Å². The van der Waals surface area contributed by atoms with Crippen LogP contribution < -0.4 is 5.32 Å². The average molecular weight is 265 g/mol. The second-order valence-electron chi connectivity index (χ2n) is 4.98. The molecule has 0 heterocycles. The van der Waals surface area contributed by atoms with Crippen LogP contribution in [0.4, 0.5) is 13.2 Å². The van der Waals surface area contributed by atoms with Gasteiger partial charge in [0, 0.05) is 6.04 Å². The molecule has 3 rings (SSSR count). The molecule has 1 nitrogen and oxygen atoms in total. The highest BCUT2D eigenvalue weighted by Crippen LogP contribution is 2.38. The SMILES string of the molecule is FC(F)(F)C(NC1CC1)c1cccc2ccccc12. The van der Waals surface area contributed by atoms with Gasteiger partial charge in [0.1, 0.15) is 6.04 Å². The zero-order valence-corrected chi connectivity index (χ0v) is 10.2. The number of rotatable bonds is 3. The van der Waals surface area contributed by atoms with Crippen molar-refractivity contribution in [1.29, 1.82) is 0 Å². The average Bonchev–Trinajstić information content (AvgIpc) is 3.18. The number of benzene rings is 2. The quantitative estimate of drug-likeness (QED) is 0.877. The van der Waals surface area contributed by atoms with Crippen molar-refractivity contribution < 1.29 is 13.2 Å². The Balaban J connectivity index is 2.08. The van der Waals surface area contributed by atoms with E-state index in [1.54, 1.807) is 24.3 Å². The van der Waals surface area contributed by atoms with E-state index in [4.69, 9.17) is 0 Å². The molecule has 0 aliphatic heterocycles. The Bertz CT molecular complexity index is 582. The fourth-order valence-corrected chi connectivity index (χ4v) is 2.35. The number of halogens is 3. The molecule has 2 aromatic carbocycles. The number of alkyl halides is 3. The smallest absolute Gasteiger partial charge is 0.300 e. The fourth-order valence-electron chi connectivity index (χ4n) is 2.35. The van der Waals surface area contributed by atoms with Crippen LogP contribution in [-0.4, -0.2) is 12.2 Å². The molecule has 19 heavy (non-hydrogen) atoms. The van der Waals surface area contributed by atoms with E-state index in [0.717, 1.165) is 18.2 Å². The normalized spacial score (nSPS) is 17.6. The van der Waals surface area contributed by atoms with Gasteiger partial charge in [0.25, 0.3) is 0 Å². The lowest BCUT2D eigenvalue weighted by Gasteiger charge is -2.23. The Morgan fingerprint density at radius 3 is 2.37 bits per heavy atom. The Morgan fingerprint density at radius 1 is 1.00 bits per heavy atom. The van der Waals surface area contributed by atoms with E-state index < -0.39 is 12.2 Å². The number of hydrogen-bond acceptors (Lipinski definition) is 1. The standard InChI is InChI=1S/C15H14F3N/c16-15(17,18)14(19-11-8-9-11)13-7-3-5-10-4-1-2-6-12(10)13/h1-7,11,14,19H,8-9H2. The predicted octanol–water partition coefficient (Wildman–Crippen LogP) is 4.20. The van der Waals surface area contributed by atoms with E-state index in [0.29, 0.717) is 10.9 Å². The van der Waals surface area contributed by atoms with Crippen molar-refractivity contribution in [2.24, 2.45) is 0 Å². The van der Waals surface area contributed by atoms with Gasteiger partial charge in [-0.05, 0) is 29.2 Å². The Morgan fingerprint density at radius 2 is 1.68 bits per heavy atom. The van der Waals surface area contributed by atoms with Crippen molar-refractivity contribution in [3.63, 3.8) is 0 Å². The summed E-state index contributed by atoms with van der Waals surface area (Å²) in [6.07, 6.45) is -2.61. The summed E-state index contributed by atoms with van der Waals surface area (Å²) in [5.74, 6) is 0. The molecular weight excluding hydrogens is 251 g/mol. The van der Waals surface area contributed by atoms with E-state index >= 15 is 0 Å². The first-order chi connectivity index (χ1) is 9.05. The third-order valence-electron chi connectivity index (χ3n) is 3.44. The van der Waals surface area contributed by atoms with E-state index in [9.17, 15) is 13.2 Å². The highest BCUT2D eigenvalue weighted by atomic mass is 19.4. The van der Waals surface area contributed by atoms with Crippen LogP contribution in [0.2, 0.25) is 0 Å². The molecule has 4 heteroatoms. The van der Waals surface area contributed by atoms with Gasteiger partial charge >= 0.3 is 6.18 Å². The minimum Gasteiger partial charge on any atom is -0.300 e. The van der Waals surface area contributed by atoms with Crippen molar-refractivity contribution in [2.45, 2.75) is 31.1 Å². The molecule has 1 aliphatic rings. The van der Waals surface area contributed by atoms with Crippen molar-refractivity contribution in [1.82, 2.24) is 5.32 Å². The van der Waals surface area contributed by atoms with E-state index in [1.165, 1.54) is 0 Å². The molecule has 0 radical (unpaired) electrons. The lowest BCUT2D eigenvalue weighted by atomic mass is 9.98. The second-order valence-corrected chi connectivity index (χ2v) is 4.98. The predicted molar refractivity (Wildman–Crippen MR) is 68.9 cm³/mol. The molecule has 0 spiro atoms. The van der Waals surface area contributed by atoms with Gasteiger partial charge in [0.15, 0.2) is 0 Å². The van der Waals surface area contributed by atoms with Gasteiger partial charge in [0.05, 0.1) is 0 Å². The molecule has 0 bridgehead atoms. The summed E-state index contributed by atoms with van der Waals surface area (Å²) in [6.45, 7) is 0. The van der Waals surface area contributed by atoms with Gasteiger partial charge < -0.3 is 0 Å². The number of hydrogen-bond donors (Lipinski definition) is 1. The molecule has 1 N–H and O–H groups in total. The minimum atomic E-state index is -4.27. The van der Waals surface area contributed by atoms with Crippen LogP contribution in [0.5, 0.6) is 0 Å². The molecule has 1 saturated carbocycles. The minimum absolute atomic E-state index is 0.00518. The van der Waals surface area contributed by atoms with Crippen LogP contribution >= 0.6 is 0 Å². The first-order valence-electron chi connectivity index (χ1n) is 6.36. The molecular formula is C15H14F3N. The maximum atomic E-state index is 13.3. The summed E-state index contributed by atoms with van der Waals surface area (Å²) in [5.41, 5.74) is 0.317. The molecule has 0 aromatic heterocycles. The fraction of sp³-hybridized carbons (Fsp3) is 0.333. The Kier molecular flexibility index (Phi) is 2.97. The van der Waals surface area contributed by atoms with Crippen LogP contribution in [0.15, 0.2) is 42.5 Å². The lowest BCUT2D eigenvalue weighted by molar-refractivity contribution is -0.157. The van der Waals surface area contributed by atoms with Gasteiger partial charge in [-0.15, -0.1) is 0 Å². The summed E-state index contributed by atoms with van der Waals surface area (Å²) in [6, 6.07) is 10.7. The molecule has 1 fully saturated rings. The largest absolute Gasteiger partial charge is 0.407 e. The summed E-state index contributed by atoms with van der Waals surface area (Å²) < 4.78 is 39.8. The molecule has 0 amide bonds. The molecule has 100 valence electrons. The molecule has 2 aromatic rings. The van der Waals surface area contributed by atoms with Gasteiger partial charge in [-0.2, -0.15) is 13.2 Å². The first-order valence-corrected chi connectivity index (χ1v) is 6.36. The highest BCUT2D eigenvalue weighted by Gasteiger charge is 2.43. The molecule has 1 unspecified atom stereocenters. The molecule has 1 aliphatic carbocycles. The third-order valence-corrected chi connectivity index (χ3v) is 3.44. The van der Waals surface area contributed by atoms with Crippen molar-refractivity contribution in [2.75, 3.05) is 0 Å². The number of fused-ring (bicyclic) bond motifs is 1. The van der Waals surface area contributed by atoms with Crippen LogP contribution in [0.25, 0.3) is 10.8 Å². The van der Waals surface area contributed by atoms with Crippen molar-refractivity contribution in [3.8, 4) is 0 Å². The lowest BCUT2D eigenvalue weighted by Crippen LogP contribution is -2.35. The van der Waals surface area contributed by atoms with Gasteiger partial charge in [0.2, 0.25) is 0 Å². The summed E-state index contributed by atoms with van der Waals surface area (Å²) >= 11 is 0. The zero-order chi connectivity index (χ0) is 13.5. The van der Waals surface area contributed by atoms with Gasteiger partial charge in [-0.25, -0.2) is 0 Å². The monoisotopic (exact) mass is 265 g/mol. The zero-order valence-electron chi connectivity index (χ0n) is 10.2.